The van der Waals surface area contributed by atoms with Crippen LogP contribution in [-0.2, 0) is 6.42 Å². The van der Waals surface area contributed by atoms with E-state index in [0.29, 0.717) is 0 Å². The van der Waals surface area contributed by atoms with Crippen molar-refractivity contribution in [2.45, 2.75) is 19.4 Å². The minimum Gasteiger partial charge on any atom is -0.271 e. The van der Waals surface area contributed by atoms with Crippen molar-refractivity contribution in [2.24, 2.45) is 5.84 Å². The number of aryl methyl sites for hydroxylation is 1. The van der Waals surface area contributed by atoms with E-state index in [2.05, 4.69) is 40.4 Å². The maximum atomic E-state index is 13.1. The first-order valence-corrected chi connectivity index (χ1v) is 6.86. The fourth-order valence-corrected chi connectivity index (χ4v) is 2.73. The first-order chi connectivity index (χ1) is 9.11. The third kappa shape index (κ3) is 3.41. The standard InChI is InChI=1S/C15H16BrFN2/c1-10-4-2-3-5-11(10)8-15(19-18)13-7-6-12(17)9-14(13)16/h2-7,9,15,19H,8,18H2,1H3. The van der Waals surface area contributed by atoms with Gasteiger partial charge in [-0.15, -0.1) is 0 Å². The third-order valence-corrected chi connectivity index (χ3v) is 3.91. The van der Waals surface area contributed by atoms with E-state index in [9.17, 15) is 4.39 Å². The van der Waals surface area contributed by atoms with Gasteiger partial charge in [0.2, 0.25) is 0 Å². The molecule has 0 amide bonds. The lowest BCUT2D eigenvalue weighted by molar-refractivity contribution is 0.546. The summed E-state index contributed by atoms with van der Waals surface area (Å²) in [5, 5.41) is 0. The van der Waals surface area contributed by atoms with E-state index in [1.807, 2.05) is 12.1 Å². The number of hydrogen-bond acceptors (Lipinski definition) is 2. The van der Waals surface area contributed by atoms with Crippen LogP contribution in [0.3, 0.4) is 0 Å². The van der Waals surface area contributed by atoms with Crippen LogP contribution in [0.15, 0.2) is 46.9 Å². The summed E-state index contributed by atoms with van der Waals surface area (Å²) in [6, 6.07) is 12.8. The van der Waals surface area contributed by atoms with E-state index in [-0.39, 0.29) is 11.9 Å². The summed E-state index contributed by atoms with van der Waals surface area (Å²) in [6.45, 7) is 2.07. The van der Waals surface area contributed by atoms with E-state index in [4.69, 9.17) is 5.84 Å². The van der Waals surface area contributed by atoms with Gasteiger partial charge in [0.05, 0.1) is 6.04 Å². The van der Waals surface area contributed by atoms with Gasteiger partial charge in [-0.2, -0.15) is 0 Å². The van der Waals surface area contributed by atoms with Gasteiger partial charge in [-0.3, -0.25) is 11.3 Å². The molecule has 2 nitrogen and oxygen atoms in total. The Morgan fingerprint density at radius 2 is 2.00 bits per heavy atom. The fourth-order valence-electron chi connectivity index (χ4n) is 2.10. The number of rotatable bonds is 4. The van der Waals surface area contributed by atoms with Crippen molar-refractivity contribution >= 4 is 15.9 Å². The molecule has 1 atom stereocenters. The molecule has 100 valence electrons. The monoisotopic (exact) mass is 322 g/mol. The molecule has 0 heterocycles. The largest absolute Gasteiger partial charge is 0.271 e. The van der Waals surface area contributed by atoms with Crippen molar-refractivity contribution in [1.82, 2.24) is 5.43 Å². The van der Waals surface area contributed by atoms with Crippen molar-refractivity contribution in [2.75, 3.05) is 0 Å². The molecule has 19 heavy (non-hydrogen) atoms. The van der Waals surface area contributed by atoms with Gasteiger partial charge in [0, 0.05) is 4.47 Å². The Balaban J connectivity index is 2.28. The second-order valence-electron chi connectivity index (χ2n) is 4.52. The van der Waals surface area contributed by atoms with Gasteiger partial charge in [-0.05, 0) is 42.2 Å². The van der Waals surface area contributed by atoms with E-state index in [1.54, 1.807) is 6.07 Å². The van der Waals surface area contributed by atoms with E-state index in [0.717, 1.165) is 16.5 Å². The van der Waals surface area contributed by atoms with Crippen LogP contribution in [-0.4, -0.2) is 0 Å². The van der Waals surface area contributed by atoms with Crippen LogP contribution in [0.1, 0.15) is 22.7 Å². The lowest BCUT2D eigenvalue weighted by Crippen LogP contribution is -2.30. The van der Waals surface area contributed by atoms with Crippen molar-refractivity contribution in [3.63, 3.8) is 0 Å². The second kappa shape index (κ2) is 6.28. The number of halogens is 2. The Hall–Kier alpha value is -1.23. The lowest BCUT2D eigenvalue weighted by Gasteiger charge is -2.19. The summed E-state index contributed by atoms with van der Waals surface area (Å²) >= 11 is 3.38. The highest BCUT2D eigenvalue weighted by Crippen LogP contribution is 2.27. The normalized spacial score (nSPS) is 12.4. The van der Waals surface area contributed by atoms with Gasteiger partial charge in [0.1, 0.15) is 5.82 Å². The first kappa shape index (κ1) is 14.2. The van der Waals surface area contributed by atoms with Gasteiger partial charge >= 0.3 is 0 Å². The van der Waals surface area contributed by atoms with E-state index < -0.39 is 0 Å². The first-order valence-electron chi connectivity index (χ1n) is 6.07. The highest BCUT2D eigenvalue weighted by molar-refractivity contribution is 9.10. The molecule has 0 fully saturated rings. The van der Waals surface area contributed by atoms with Crippen molar-refractivity contribution in [3.8, 4) is 0 Å². The number of benzene rings is 2. The summed E-state index contributed by atoms with van der Waals surface area (Å²) < 4.78 is 13.9. The molecular weight excluding hydrogens is 307 g/mol. The molecule has 1 unspecified atom stereocenters. The molecule has 4 heteroatoms. The molecule has 3 N–H and O–H groups in total. The van der Waals surface area contributed by atoms with Crippen LogP contribution < -0.4 is 11.3 Å². The molecule has 0 bridgehead atoms. The predicted molar refractivity (Wildman–Crippen MR) is 79.0 cm³/mol. The van der Waals surface area contributed by atoms with Crippen molar-refractivity contribution in [3.05, 3.63) is 69.4 Å². The zero-order valence-electron chi connectivity index (χ0n) is 10.7. The fraction of sp³-hybridized carbons (Fsp3) is 0.200. The summed E-state index contributed by atoms with van der Waals surface area (Å²) in [7, 11) is 0. The second-order valence-corrected chi connectivity index (χ2v) is 5.37. The lowest BCUT2D eigenvalue weighted by atomic mass is 9.96. The number of hydrazine groups is 1. The molecule has 0 radical (unpaired) electrons. The van der Waals surface area contributed by atoms with Crippen molar-refractivity contribution < 1.29 is 4.39 Å². The Morgan fingerprint density at radius 1 is 1.26 bits per heavy atom. The van der Waals surface area contributed by atoms with Crippen LogP contribution in [0, 0.1) is 12.7 Å². The molecular formula is C15H16BrFN2. The zero-order chi connectivity index (χ0) is 13.8. The Morgan fingerprint density at radius 3 is 2.63 bits per heavy atom. The topological polar surface area (TPSA) is 38.0 Å². The molecule has 0 aliphatic rings. The molecule has 2 aromatic rings. The molecule has 2 aromatic carbocycles. The van der Waals surface area contributed by atoms with Crippen LogP contribution in [0.2, 0.25) is 0 Å². The highest BCUT2D eigenvalue weighted by atomic mass is 79.9. The van der Waals surface area contributed by atoms with Crippen LogP contribution in [0.25, 0.3) is 0 Å². The van der Waals surface area contributed by atoms with Gasteiger partial charge < -0.3 is 0 Å². The Labute approximate surface area is 120 Å². The predicted octanol–water partition coefficient (Wildman–Crippen LogP) is 3.64. The Bertz CT molecular complexity index is 572. The third-order valence-electron chi connectivity index (χ3n) is 3.22. The van der Waals surface area contributed by atoms with Crippen LogP contribution in [0.5, 0.6) is 0 Å². The number of hydrogen-bond donors (Lipinski definition) is 2. The van der Waals surface area contributed by atoms with Crippen molar-refractivity contribution in [1.29, 1.82) is 0 Å². The molecule has 0 aliphatic heterocycles. The molecule has 0 saturated carbocycles. The van der Waals surface area contributed by atoms with E-state index >= 15 is 0 Å². The maximum Gasteiger partial charge on any atom is 0.124 e. The molecule has 0 aliphatic carbocycles. The van der Waals surface area contributed by atoms with E-state index in [1.165, 1.54) is 23.3 Å². The molecule has 0 saturated heterocycles. The minimum absolute atomic E-state index is 0.0592. The average Bonchev–Trinajstić information content (AvgIpc) is 2.39. The van der Waals surface area contributed by atoms with Crippen LogP contribution in [0.4, 0.5) is 4.39 Å². The molecule has 0 aromatic heterocycles. The summed E-state index contributed by atoms with van der Waals surface area (Å²) in [6.07, 6.45) is 0.757. The quantitative estimate of drug-likeness (QED) is 0.666. The number of nitrogens with one attached hydrogen (secondary N) is 1. The summed E-state index contributed by atoms with van der Waals surface area (Å²) in [5.41, 5.74) is 6.20. The van der Waals surface area contributed by atoms with Gasteiger partial charge in [-0.1, -0.05) is 46.3 Å². The van der Waals surface area contributed by atoms with Crippen LogP contribution >= 0.6 is 15.9 Å². The maximum absolute atomic E-state index is 13.1. The zero-order valence-corrected chi connectivity index (χ0v) is 12.2. The molecule has 2 rings (SSSR count). The summed E-state index contributed by atoms with van der Waals surface area (Å²) in [4.78, 5) is 0. The minimum atomic E-state index is -0.262. The smallest absolute Gasteiger partial charge is 0.124 e. The number of nitrogens with two attached hydrogens (primary N) is 1. The van der Waals surface area contributed by atoms with Gasteiger partial charge in [0.15, 0.2) is 0 Å². The average molecular weight is 323 g/mol. The summed E-state index contributed by atoms with van der Waals surface area (Å²) in [5.74, 6) is 5.38. The van der Waals surface area contributed by atoms with Gasteiger partial charge in [-0.25, -0.2) is 4.39 Å². The highest BCUT2D eigenvalue weighted by Gasteiger charge is 2.15. The van der Waals surface area contributed by atoms with Gasteiger partial charge in [0.25, 0.3) is 0 Å². The Kier molecular flexibility index (Phi) is 4.69. The molecule has 0 spiro atoms. The SMILES string of the molecule is Cc1ccccc1CC(NN)c1ccc(F)cc1Br.